The Morgan fingerprint density at radius 2 is 2.12 bits per heavy atom. The lowest BCUT2D eigenvalue weighted by Crippen LogP contribution is -2.36. The van der Waals surface area contributed by atoms with E-state index in [2.05, 4.69) is 22.2 Å². The second-order valence-electron chi connectivity index (χ2n) is 4.65. The van der Waals surface area contributed by atoms with Gasteiger partial charge in [0.15, 0.2) is 0 Å². The van der Waals surface area contributed by atoms with Crippen molar-refractivity contribution < 1.29 is 0 Å². The molecular formula is C12H20N4. The van der Waals surface area contributed by atoms with Gasteiger partial charge < -0.3 is 16.0 Å². The van der Waals surface area contributed by atoms with Crippen molar-refractivity contribution >= 4 is 11.5 Å². The summed E-state index contributed by atoms with van der Waals surface area (Å²) in [7, 11) is 2.17. The average Bonchev–Trinajstić information content (AvgIpc) is 2.27. The monoisotopic (exact) mass is 220 g/mol. The molecule has 4 nitrogen and oxygen atoms in total. The smallest absolute Gasteiger partial charge is 0.126 e. The van der Waals surface area contributed by atoms with E-state index in [1.165, 1.54) is 12.8 Å². The minimum Gasteiger partial charge on any atom is -0.397 e. The Kier molecular flexibility index (Phi) is 3.29. The molecule has 1 saturated heterocycles. The number of rotatable bonds is 2. The number of piperidine rings is 1. The first-order valence-corrected chi connectivity index (χ1v) is 5.82. The molecule has 1 fully saturated rings. The largest absolute Gasteiger partial charge is 0.397 e. The fourth-order valence-corrected chi connectivity index (χ4v) is 2.01. The normalized spacial score (nSPS) is 18.6. The lowest BCUT2D eigenvalue weighted by molar-refractivity contribution is 0.263. The molecule has 0 saturated carbocycles. The van der Waals surface area contributed by atoms with Crippen molar-refractivity contribution in [2.24, 2.45) is 0 Å². The molecule has 0 aliphatic carbocycles. The van der Waals surface area contributed by atoms with Crippen molar-refractivity contribution in [3.63, 3.8) is 0 Å². The van der Waals surface area contributed by atoms with Gasteiger partial charge in [-0.05, 0) is 51.5 Å². The van der Waals surface area contributed by atoms with Gasteiger partial charge in [-0.1, -0.05) is 0 Å². The summed E-state index contributed by atoms with van der Waals surface area (Å²) in [6.07, 6.45) is 4.09. The first-order valence-electron chi connectivity index (χ1n) is 5.82. The summed E-state index contributed by atoms with van der Waals surface area (Å²) in [6, 6.07) is 2.57. The van der Waals surface area contributed by atoms with Gasteiger partial charge in [-0.3, -0.25) is 0 Å². The highest BCUT2D eigenvalue weighted by atomic mass is 15.1. The molecular weight excluding hydrogens is 200 g/mol. The molecule has 0 aromatic carbocycles. The summed E-state index contributed by atoms with van der Waals surface area (Å²) in [5, 5.41) is 3.48. The summed E-state index contributed by atoms with van der Waals surface area (Å²) in [6.45, 7) is 4.33. The number of nitrogen functional groups attached to an aromatic ring is 1. The van der Waals surface area contributed by atoms with E-state index in [1.54, 1.807) is 6.20 Å². The quantitative estimate of drug-likeness (QED) is 0.792. The number of hydrogen-bond acceptors (Lipinski definition) is 4. The maximum Gasteiger partial charge on any atom is 0.126 e. The molecule has 0 radical (unpaired) electrons. The van der Waals surface area contributed by atoms with Crippen LogP contribution in [-0.4, -0.2) is 36.1 Å². The fraction of sp³-hybridized carbons (Fsp3) is 0.583. The van der Waals surface area contributed by atoms with Crippen molar-refractivity contribution in [1.29, 1.82) is 0 Å². The Balaban J connectivity index is 1.96. The Bertz CT molecular complexity index is 356. The number of aromatic nitrogens is 1. The van der Waals surface area contributed by atoms with Crippen LogP contribution in [-0.2, 0) is 0 Å². The van der Waals surface area contributed by atoms with Crippen LogP contribution in [0.2, 0.25) is 0 Å². The molecule has 88 valence electrons. The second kappa shape index (κ2) is 4.70. The summed E-state index contributed by atoms with van der Waals surface area (Å²) < 4.78 is 0. The van der Waals surface area contributed by atoms with Gasteiger partial charge in [0, 0.05) is 6.04 Å². The summed E-state index contributed by atoms with van der Waals surface area (Å²) in [5.74, 6) is 0.946. The van der Waals surface area contributed by atoms with Gasteiger partial charge in [0.2, 0.25) is 0 Å². The second-order valence-corrected chi connectivity index (χ2v) is 4.65. The molecule has 3 N–H and O–H groups in total. The average molecular weight is 220 g/mol. The molecule has 1 aromatic rings. The summed E-state index contributed by atoms with van der Waals surface area (Å²) >= 11 is 0. The van der Waals surface area contributed by atoms with Gasteiger partial charge in [-0.25, -0.2) is 4.98 Å². The minimum absolute atomic E-state index is 0.548. The molecule has 0 atom stereocenters. The van der Waals surface area contributed by atoms with Crippen molar-refractivity contribution in [2.75, 3.05) is 31.2 Å². The molecule has 0 spiro atoms. The van der Waals surface area contributed by atoms with E-state index >= 15 is 0 Å². The van der Waals surface area contributed by atoms with E-state index in [4.69, 9.17) is 5.73 Å². The number of nitrogens with zero attached hydrogens (tertiary/aromatic N) is 2. The maximum absolute atomic E-state index is 5.74. The van der Waals surface area contributed by atoms with Crippen molar-refractivity contribution in [3.8, 4) is 0 Å². The number of likely N-dealkylation sites (tertiary alicyclic amines) is 1. The third kappa shape index (κ3) is 2.64. The lowest BCUT2D eigenvalue weighted by atomic mass is 10.1. The molecule has 0 unspecified atom stereocenters. The Labute approximate surface area is 96.8 Å². The highest BCUT2D eigenvalue weighted by Gasteiger charge is 2.16. The van der Waals surface area contributed by atoms with Gasteiger partial charge >= 0.3 is 0 Å². The zero-order chi connectivity index (χ0) is 11.5. The van der Waals surface area contributed by atoms with E-state index in [0.29, 0.717) is 6.04 Å². The molecule has 2 rings (SSSR count). The number of aryl methyl sites for hydroxylation is 1. The molecule has 0 bridgehead atoms. The Hall–Kier alpha value is -1.29. The van der Waals surface area contributed by atoms with Crippen molar-refractivity contribution in [2.45, 2.75) is 25.8 Å². The maximum atomic E-state index is 5.74. The zero-order valence-corrected chi connectivity index (χ0v) is 10.0. The topological polar surface area (TPSA) is 54.2 Å². The number of hydrogen-bond donors (Lipinski definition) is 2. The van der Waals surface area contributed by atoms with Gasteiger partial charge in [-0.2, -0.15) is 0 Å². The van der Waals surface area contributed by atoms with Gasteiger partial charge in [0.05, 0.1) is 11.9 Å². The van der Waals surface area contributed by atoms with Gasteiger partial charge in [0.25, 0.3) is 0 Å². The highest BCUT2D eigenvalue weighted by molar-refractivity contribution is 5.51. The van der Waals surface area contributed by atoms with Crippen LogP contribution in [0, 0.1) is 6.92 Å². The number of nitrogens with one attached hydrogen (secondary N) is 1. The number of anilines is 2. The van der Waals surface area contributed by atoms with Crippen LogP contribution in [0.5, 0.6) is 0 Å². The summed E-state index contributed by atoms with van der Waals surface area (Å²) in [5.41, 5.74) is 7.59. The molecule has 0 amide bonds. The van der Waals surface area contributed by atoms with Crippen LogP contribution in [0.25, 0.3) is 0 Å². The fourth-order valence-electron chi connectivity index (χ4n) is 2.01. The molecule has 1 aromatic heterocycles. The van der Waals surface area contributed by atoms with Gasteiger partial charge in [-0.15, -0.1) is 0 Å². The SMILES string of the molecule is Cc1cc(NC2CCN(C)CC2)ncc1N. The Morgan fingerprint density at radius 3 is 2.75 bits per heavy atom. The van der Waals surface area contributed by atoms with E-state index in [0.717, 1.165) is 30.2 Å². The van der Waals surface area contributed by atoms with E-state index in [-0.39, 0.29) is 0 Å². The van der Waals surface area contributed by atoms with E-state index in [9.17, 15) is 0 Å². The molecule has 1 aliphatic rings. The van der Waals surface area contributed by atoms with Crippen LogP contribution in [0.4, 0.5) is 11.5 Å². The Morgan fingerprint density at radius 1 is 1.44 bits per heavy atom. The van der Waals surface area contributed by atoms with E-state index < -0.39 is 0 Å². The third-order valence-electron chi connectivity index (χ3n) is 3.22. The van der Waals surface area contributed by atoms with Crippen LogP contribution < -0.4 is 11.1 Å². The lowest BCUT2D eigenvalue weighted by Gasteiger charge is -2.29. The van der Waals surface area contributed by atoms with Gasteiger partial charge in [0.1, 0.15) is 5.82 Å². The molecule has 4 heteroatoms. The van der Waals surface area contributed by atoms with Crippen molar-refractivity contribution in [1.82, 2.24) is 9.88 Å². The molecule has 1 aliphatic heterocycles. The third-order valence-corrected chi connectivity index (χ3v) is 3.22. The first-order chi connectivity index (χ1) is 7.65. The number of nitrogens with two attached hydrogens (primary N) is 1. The predicted octanol–water partition coefficient (Wildman–Crippen LogP) is 1.48. The summed E-state index contributed by atoms with van der Waals surface area (Å²) in [4.78, 5) is 6.66. The zero-order valence-electron chi connectivity index (χ0n) is 10.0. The minimum atomic E-state index is 0.548. The standard InChI is InChI=1S/C12H20N4/c1-9-7-12(14-8-11(9)13)15-10-3-5-16(2)6-4-10/h7-8,10H,3-6,13H2,1-2H3,(H,14,15). The van der Waals surface area contributed by atoms with E-state index in [1.807, 2.05) is 13.0 Å². The van der Waals surface area contributed by atoms with Crippen molar-refractivity contribution in [3.05, 3.63) is 17.8 Å². The van der Waals surface area contributed by atoms with Crippen LogP contribution in [0.1, 0.15) is 18.4 Å². The predicted molar refractivity (Wildman–Crippen MR) is 67.5 cm³/mol. The molecule has 2 heterocycles. The molecule has 16 heavy (non-hydrogen) atoms. The highest BCUT2D eigenvalue weighted by Crippen LogP contribution is 2.17. The van der Waals surface area contributed by atoms with Crippen LogP contribution in [0.3, 0.4) is 0 Å². The van der Waals surface area contributed by atoms with Crippen LogP contribution in [0.15, 0.2) is 12.3 Å². The first kappa shape index (κ1) is 11.2. The van der Waals surface area contributed by atoms with Crippen LogP contribution >= 0.6 is 0 Å². The number of pyridine rings is 1.